The van der Waals surface area contributed by atoms with Gasteiger partial charge in [-0.2, -0.15) is 0 Å². The molecule has 2 aromatic heterocycles. The minimum Gasteiger partial charge on any atom is -0.486 e. The van der Waals surface area contributed by atoms with Gasteiger partial charge < -0.3 is 34.3 Å². The maximum absolute atomic E-state index is 14.8. The lowest BCUT2D eigenvalue weighted by molar-refractivity contribution is -0.148. The van der Waals surface area contributed by atoms with Crippen molar-refractivity contribution in [3.63, 3.8) is 0 Å². The van der Waals surface area contributed by atoms with Crippen molar-refractivity contribution in [3.8, 4) is 34.5 Å². The summed E-state index contributed by atoms with van der Waals surface area (Å²) in [5.41, 5.74) is 3.11. The third kappa shape index (κ3) is 11.0. The number of aromatic nitrogens is 2. The lowest BCUT2D eigenvalue weighted by Gasteiger charge is -2.22. The molecule has 0 bridgehead atoms. The van der Waals surface area contributed by atoms with Crippen molar-refractivity contribution >= 4 is 39.3 Å². The summed E-state index contributed by atoms with van der Waals surface area (Å²) in [5.74, 6) is -0.123. The number of benzene rings is 7. The van der Waals surface area contributed by atoms with E-state index < -0.39 is 23.9 Å². The minimum atomic E-state index is -1.76. The van der Waals surface area contributed by atoms with Crippen molar-refractivity contribution in [2.75, 3.05) is 0 Å². The first-order chi connectivity index (χ1) is 33.8. The Kier molecular flexibility index (Phi) is 13.8. The van der Waals surface area contributed by atoms with Gasteiger partial charge in [0.05, 0.1) is 0 Å². The number of esters is 1. The van der Waals surface area contributed by atoms with Gasteiger partial charge in [-0.15, -0.1) is 0 Å². The van der Waals surface area contributed by atoms with Crippen LogP contribution < -0.4 is 29.6 Å². The topological polar surface area (TPSA) is 147 Å². The highest BCUT2D eigenvalue weighted by molar-refractivity contribution is 6.06. The normalized spacial score (nSPS) is 10.9. The summed E-state index contributed by atoms with van der Waals surface area (Å²) in [4.78, 5) is 53.3. The standard InChI is InChI=1S/C57H46N4O8/c1-37-46-30-28-44(68-42-24-14-6-15-25-42)32-48(46)52(65-34-39-18-8-3-9-19-39)50(58-37)55(62)60-54(57(64)67-36-41-22-12-5-13-23-41)61-56(63)51-53(66-35-40-20-10-4-11-21-40)49-33-45(29-31-47(49)38(2)59-51)69-43-26-16-7-17-27-43/h3-33,54H,34-36H2,1-2H3,(H,60,62)(H,61,63). The molecule has 0 unspecified atom stereocenters. The van der Waals surface area contributed by atoms with Crippen LogP contribution in [0.2, 0.25) is 0 Å². The van der Waals surface area contributed by atoms with Gasteiger partial charge in [-0.3, -0.25) is 9.59 Å². The molecule has 0 aliphatic carbocycles. The van der Waals surface area contributed by atoms with Gasteiger partial charge >= 0.3 is 5.97 Å². The number of carbonyl (C=O) groups excluding carboxylic acids is 3. The van der Waals surface area contributed by atoms with E-state index in [-0.39, 0.29) is 42.7 Å². The molecule has 0 spiro atoms. The number of hydrogen-bond acceptors (Lipinski definition) is 10. The van der Waals surface area contributed by atoms with Crippen LogP contribution in [-0.4, -0.2) is 33.9 Å². The third-order valence-electron chi connectivity index (χ3n) is 11.1. The van der Waals surface area contributed by atoms with Crippen LogP contribution in [0.25, 0.3) is 21.5 Å². The van der Waals surface area contributed by atoms with Crippen LogP contribution in [0.15, 0.2) is 188 Å². The van der Waals surface area contributed by atoms with Crippen LogP contribution in [0, 0.1) is 13.8 Å². The van der Waals surface area contributed by atoms with Crippen LogP contribution in [0.5, 0.6) is 34.5 Å². The molecule has 2 N–H and O–H groups in total. The summed E-state index contributed by atoms with van der Waals surface area (Å²) in [5, 5.41) is 7.92. The number of nitrogens with one attached hydrogen (secondary N) is 2. The second kappa shape index (κ2) is 21.1. The molecule has 0 radical (unpaired) electrons. The molecule has 0 aliphatic rings. The molecular weight excluding hydrogens is 869 g/mol. The van der Waals surface area contributed by atoms with Crippen molar-refractivity contribution in [1.29, 1.82) is 0 Å². The molecule has 2 heterocycles. The smallest absolute Gasteiger partial charge is 0.350 e. The van der Waals surface area contributed by atoms with Crippen LogP contribution in [0.3, 0.4) is 0 Å². The minimum absolute atomic E-state index is 0.0842. The van der Waals surface area contributed by atoms with Crippen molar-refractivity contribution in [3.05, 3.63) is 228 Å². The number of amides is 2. The number of ether oxygens (including phenoxy) is 5. The summed E-state index contributed by atoms with van der Waals surface area (Å²) in [7, 11) is 0. The van der Waals surface area contributed by atoms with E-state index in [1.54, 1.807) is 38.1 Å². The Morgan fingerprint density at radius 2 is 0.797 bits per heavy atom. The van der Waals surface area contributed by atoms with Crippen molar-refractivity contribution in [2.24, 2.45) is 0 Å². The molecule has 7 aromatic carbocycles. The first kappa shape index (κ1) is 45.1. The van der Waals surface area contributed by atoms with E-state index in [0.717, 1.165) is 11.1 Å². The van der Waals surface area contributed by atoms with Crippen LogP contribution >= 0.6 is 0 Å². The lowest BCUT2D eigenvalue weighted by atomic mass is 10.1. The SMILES string of the molecule is Cc1nc(C(=O)NC(NC(=O)c2nc(C)c3ccc(Oc4ccccc4)cc3c2OCc2ccccc2)C(=O)OCc2ccccc2)c(OCc2ccccc2)c2cc(Oc3ccccc3)ccc12. The Balaban J connectivity index is 1.09. The maximum atomic E-state index is 14.8. The zero-order chi connectivity index (χ0) is 47.5. The zero-order valence-electron chi connectivity index (χ0n) is 37.8. The predicted octanol–water partition coefficient (Wildman–Crippen LogP) is 11.4. The van der Waals surface area contributed by atoms with E-state index in [9.17, 15) is 14.4 Å². The van der Waals surface area contributed by atoms with Gasteiger partial charge in [-0.1, -0.05) is 127 Å². The van der Waals surface area contributed by atoms with Crippen LogP contribution in [0.4, 0.5) is 0 Å². The van der Waals surface area contributed by atoms with Gasteiger partial charge in [-0.05, 0) is 91.2 Å². The average Bonchev–Trinajstić information content (AvgIpc) is 3.38. The molecule has 12 heteroatoms. The highest BCUT2D eigenvalue weighted by Crippen LogP contribution is 2.37. The molecule has 2 amide bonds. The van der Waals surface area contributed by atoms with Crippen LogP contribution in [-0.2, 0) is 29.4 Å². The molecule has 9 aromatic rings. The van der Waals surface area contributed by atoms with E-state index in [1.807, 2.05) is 164 Å². The highest BCUT2D eigenvalue weighted by Gasteiger charge is 2.31. The van der Waals surface area contributed by atoms with Gasteiger partial charge in [0.15, 0.2) is 22.9 Å². The number of nitrogens with zero attached hydrogens (tertiary/aromatic N) is 2. The second-order valence-corrected chi connectivity index (χ2v) is 16.0. The largest absolute Gasteiger partial charge is 0.486 e. The number of fused-ring (bicyclic) bond motifs is 2. The second-order valence-electron chi connectivity index (χ2n) is 16.0. The quantitative estimate of drug-likeness (QED) is 0.0668. The third-order valence-corrected chi connectivity index (χ3v) is 11.1. The molecule has 12 nitrogen and oxygen atoms in total. The van der Waals surface area contributed by atoms with Gasteiger partial charge in [0.1, 0.15) is 42.8 Å². The number of hydrogen-bond donors (Lipinski definition) is 2. The number of carbonyl (C=O) groups is 3. The Hall–Kier alpha value is -9.03. The fourth-order valence-electron chi connectivity index (χ4n) is 7.67. The van der Waals surface area contributed by atoms with Gasteiger partial charge in [-0.25, -0.2) is 14.8 Å². The molecule has 0 aliphatic heterocycles. The molecule has 0 atom stereocenters. The fraction of sp³-hybridized carbons (Fsp3) is 0.105. The molecule has 0 saturated carbocycles. The van der Waals surface area contributed by atoms with E-state index in [1.165, 1.54) is 0 Å². The first-order valence-corrected chi connectivity index (χ1v) is 22.3. The molecule has 0 fully saturated rings. The summed E-state index contributed by atoms with van der Waals surface area (Å²) in [6, 6.07) is 57.5. The Morgan fingerprint density at radius 3 is 1.19 bits per heavy atom. The molecule has 9 rings (SSSR count). The zero-order valence-corrected chi connectivity index (χ0v) is 37.8. The average molecular weight is 915 g/mol. The maximum Gasteiger partial charge on any atom is 0.350 e. The Morgan fingerprint density at radius 1 is 0.435 bits per heavy atom. The first-order valence-electron chi connectivity index (χ1n) is 22.3. The number of pyridine rings is 2. The van der Waals surface area contributed by atoms with Crippen molar-refractivity contribution in [1.82, 2.24) is 20.6 Å². The Labute approximate surface area is 398 Å². The predicted molar refractivity (Wildman–Crippen MR) is 262 cm³/mol. The molecule has 342 valence electrons. The lowest BCUT2D eigenvalue weighted by Crippen LogP contribution is -2.53. The van der Waals surface area contributed by atoms with Crippen molar-refractivity contribution in [2.45, 2.75) is 39.8 Å². The van der Waals surface area contributed by atoms with Crippen LogP contribution in [0.1, 0.15) is 49.1 Å². The summed E-state index contributed by atoms with van der Waals surface area (Å²) >= 11 is 0. The molecule has 69 heavy (non-hydrogen) atoms. The summed E-state index contributed by atoms with van der Waals surface area (Å²) in [6.07, 6.45) is -1.76. The summed E-state index contributed by atoms with van der Waals surface area (Å²) in [6.45, 7) is 3.56. The molecular formula is C57H46N4O8. The fourth-order valence-corrected chi connectivity index (χ4v) is 7.67. The van der Waals surface area contributed by atoms with E-state index in [0.29, 0.717) is 61.5 Å². The van der Waals surface area contributed by atoms with E-state index in [4.69, 9.17) is 33.7 Å². The van der Waals surface area contributed by atoms with Gasteiger partial charge in [0.25, 0.3) is 11.8 Å². The van der Waals surface area contributed by atoms with E-state index >= 15 is 0 Å². The number of para-hydroxylation sites is 2. The van der Waals surface area contributed by atoms with Crippen molar-refractivity contribution < 1.29 is 38.1 Å². The van der Waals surface area contributed by atoms with Gasteiger partial charge in [0.2, 0.25) is 6.17 Å². The van der Waals surface area contributed by atoms with Gasteiger partial charge in [0, 0.05) is 32.9 Å². The number of rotatable bonds is 17. The highest BCUT2D eigenvalue weighted by atomic mass is 16.5. The summed E-state index contributed by atoms with van der Waals surface area (Å²) < 4.78 is 31.1. The monoisotopic (exact) mass is 914 g/mol. The van der Waals surface area contributed by atoms with E-state index in [2.05, 4.69) is 10.6 Å². The Bertz CT molecular complexity index is 3060. The number of aryl methyl sites for hydroxylation is 2. The molecule has 0 saturated heterocycles.